The second-order valence-electron chi connectivity index (χ2n) is 7.24. The third-order valence-electron chi connectivity index (χ3n) is 5.19. The average Bonchev–Trinajstić information content (AvgIpc) is 2.66. The minimum absolute atomic E-state index is 0.00814. The number of hydrogen-bond acceptors (Lipinski definition) is 4. The van der Waals surface area contributed by atoms with Crippen LogP contribution < -0.4 is 21.7 Å². The lowest BCUT2D eigenvalue weighted by Gasteiger charge is -2.36. The highest BCUT2D eigenvalue weighted by Crippen LogP contribution is 2.18. The highest BCUT2D eigenvalue weighted by molar-refractivity contribution is 5.84. The van der Waals surface area contributed by atoms with E-state index in [2.05, 4.69) is 16.0 Å². The van der Waals surface area contributed by atoms with E-state index in [1.165, 1.54) is 6.42 Å². The molecule has 1 saturated carbocycles. The maximum atomic E-state index is 12.5. The van der Waals surface area contributed by atoms with Gasteiger partial charge in [0.2, 0.25) is 11.8 Å². The number of nitrogens with zero attached hydrogens (tertiary/aromatic N) is 1. The molecule has 0 bridgehead atoms. The average molecular weight is 367 g/mol. The van der Waals surface area contributed by atoms with Crippen molar-refractivity contribution in [3.05, 3.63) is 0 Å². The van der Waals surface area contributed by atoms with Crippen molar-refractivity contribution in [2.24, 2.45) is 5.73 Å². The van der Waals surface area contributed by atoms with Crippen LogP contribution in [0.2, 0.25) is 0 Å². The largest absolute Gasteiger partial charge is 0.354 e. The number of nitrogens with one attached hydrogen (secondary N) is 3. The Morgan fingerprint density at radius 2 is 1.69 bits per heavy atom. The minimum Gasteiger partial charge on any atom is -0.354 e. The van der Waals surface area contributed by atoms with Gasteiger partial charge in [-0.1, -0.05) is 19.3 Å². The SMILES string of the molecule is NCCC(=O)NCC1CCCCN1C(=O)CNC(=O)NC1CCCCC1. The summed E-state index contributed by atoms with van der Waals surface area (Å²) < 4.78 is 0. The molecule has 1 unspecified atom stereocenters. The van der Waals surface area contributed by atoms with Gasteiger partial charge in [0.05, 0.1) is 6.54 Å². The zero-order valence-corrected chi connectivity index (χ0v) is 15.6. The Bertz CT molecular complexity index is 479. The number of amides is 4. The van der Waals surface area contributed by atoms with Crippen LogP contribution in [0.25, 0.3) is 0 Å². The molecule has 0 aromatic heterocycles. The van der Waals surface area contributed by atoms with Gasteiger partial charge in [-0.3, -0.25) is 9.59 Å². The van der Waals surface area contributed by atoms with Crippen LogP contribution in [0, 0.1) is 0 Å². The van der Waals surface area contributed by atoms with Crippen molar-refractivity contribution in [1.82, 2.24) is 20.9 Å². The quantitative estimate of drug-likeness (QED) is 0.523. The summed E-state index contributed by atoms with van der Waals surface area (Å²) in [5.74, 6) is -0.183. The Labute approximate surface area is 155 Å². The van der Waals surface area contributed by atoms with Crippen LogP contribution in [-0.2, 0) is 9.59 Å². The summed E-state index contributed by atoms with van der Waals surface area (Å²) in [6.45, 7) is 1.42. The second-order valence-corrected chi connectivity index (χ2v) is 7.24. The maximum absolute atomic E-state index is 12.5. The first-order valence-corrected chi connectivity index (χ1v) is 9.90. The normalized spacial score (nSPS) is 21.1. The van der Waals surface area contributed by atoms with Crippen molar-refractivity contribution in [3.63, 3.8) is 0 Å². The van der Waals surface area contributed by atoms with Gasteiger partial charge in [-0.15, -0.1) is 0 Å². The van der Waals surface area contributed by atoms with Gasteiger partial charge in [-0.2, -0.15) is 0 Å². The third-order valence-corrected chi connectivity index (χ3v) is 5.19. The van der Waals surface area contributed by atoms with E-state index in [-0.39, 0.29) is 36.5 Å². The van der Waals surface area contributed by atoms with Crippen LogP contribution in [0.3, 0.4) is 0 Å². The lowest BCUT2D eigenvalue weighted by atomic mass is 9.96. The van der Waals surface area contributed by atoms with Crippen LogP contribution in [0.5, 0.6) is 0 Å². The second kappa shape index (κ2) is 11.0. The van der Waals surface area contributed by atoms with E-state index in [9.17, 15) is 14.4 Å². The van der Waals surface area contributed by atoms with Crippen molar-refractivity contribution in [3.8, 4) is 0 Å². The standard InChI is InChI=1S/C18H33N5O3/c19-10-9-16(24)20-12-15-8-4-5-11-23(15)17(25)13-21-18(26)22-14-6-2-1-3-7-14/h14-15H,1-13,19H2,(H,20,24)(H2,21,22,26). The molecule has 4 amide bonds. The van der Waals surface area contributed by atoms with E-state index in [1.54, 1.807) is 4.90 Å². The molecule has 1 atom stereocenters. The van der Waals surface area contributed by atoms with Gasteiger partial charge in [-0.25, -0.2) is 4.79 Å². The molecular weight excluding hydrogens is 334 g/mol. The molecule has 1 saturated heterocycles. The summed E-state index contributed by atoms with van der Waals surface area (Å²) in [7, 11) is 0. The fraction of sp³-hybridized carbons (Fsp3) is 0.833. The van der Waals surface area contributed by atoms with E-state index >= 15 is 0 Å². The number of likely N-dealkylation sites (tertiary alicyclic amines) is 1. The first-order valence-electron chi connectivity index (χ1n) is 9.90. The fourth-order valence-electron chi connectivity index (χ4n) is 3.73. The Morgan fingerprint density at radius 3 is 2.42 bits per heavy atom. The summed E-state index contributed by atoms with van der Waals surface area (Å²) in [5.41, 5.74) is 5.38. The number of rotatable bonds is 7. The number of nitrogens with two attached hydrogens (primary N) is 1. The lowest BCUT2D eigenvalue weighted by Crippen LogP contribution is -2.53. The minimum atomic E-state index is -0.268. The van der Waals surface area contributed by atoms with Gasteiger partial charge < -0.3 is 26.6 Å². The topological polar surface area (TPSA) is 117 Å². The number of carbonyl (C=O) groups excluding carboxylic acids is 3. The van der Waals surface area contributed by atoms with E-state index in [0.717, 1.165) is 44.9 Å². The zero-order valence-electron chi connectivity index (χ0n) is 15.6. The molecule has 0 aromatic rings. The van der Waals surface area contributed by atoms with E-state index in [1.807, 2.05) is 0 Å². The Balaban J connectivity index is 1.74. The third kappa shape index (κ3) is 6.82. The molecule has 26 heavy (non-hydrogen) atoms. The first kappa shape index (κ1) is 20.5. The van der Waals surface area contributed by atoms with Crippen molar-refractivity contribution in [1.29, 1.82) is 0 Å². The predicted octanol–water partition coefficient (Wildman–Crippen LogP) is 0.464. The lowest BCUT2D eigenvalue weighted by molar-refractivity contribution is -0.134. The molecule has 8 nitrogen and oxygen atoms in total. The van der Waals surface area contributed by atoms with Crippen molar-refractivity contribution < 1.29 is 14.4 Å². The van der Waals surface area contributed by atoms with Crippen LogP contribution in [0.1, 0.15) is 57.8 Å². The molecule has 2 fully saturated rings. The van der Waals surface area contributed by atoms with E-state index < -0.39 is 0 Å². The van der Waals surface area contributed by atoms with Gasteiger partial charge in [0.1, 0.15) is 0 Å². The summed E-state index contributed by atoms with van der Waals surface area (Å²) in [4.78, 5) is 37.9. The Kier molecular flexibility index (Phi) is 8.67. The van der Waals surface area contributed by atoms with Crippen LogP contribution in [0.4, 0.5) is 4.79 Å². The molecule has 1 aliphatic carbocycles. The predicted molar refractivity (Wildman–Crippen MR) is 99.4 cm³/mol. The number of carbonyl (C=O) groups is 3. The smallest absolute Gasteiger partial charge is 0.315 e. The summed E-state index contributed by atoms with van der Waals surface area (Å²) in [5, 5.41) is 8.49. The number of hydrogen-bond donors (Lipinski definition) is 4. The monoisotopic (exact) mass is 367 g/mol. The summed E-state index contributed by atoms with van der Waals surface area (Å²) >= 11 is 0. The molecule has 0 radical (unpaired) electrons. The summed E-state index contributed by atoms with van der Waals surface area (Å²) in [6.07, 6.45) is 8.70. The van der Waals surface area contributed by atoms with Gasteiger partial charge in [0.15, 0.2) is 0 Å². The Hall–Kier alpha value is -1.83. The fourth-order valence-corrected chi connectivity index (χ4v) is 3.73. The van der Waals surface area contributed by atoms with E-state index in [4.69, 9.17) is 5.73 Å². The van der Waals surface area contributed by atoms with Gasteiger partial charge in [-0.05, 0) is 32.1 Å². The molecule has 148 valence electrons. The van der Waals surface area contributed by atoms with Crippen LogP contribution in [0.15, 0.2) is 0 Å². The molecule has 1 heterocycles. The van der Waals surface area contributed by atoms with Gasteiger partial charge >= 0.3 is 6.03 Å². The highest BCUT2D eigenvalue weighted by atomic mass is 16.2. The van der Waals surface area contributed by atoms with Crippen LogP contribution >= 0.6 is 0 Å². The molecular formula is C18H33N5O3. The molecule has 8 heteroatoms. The maximum Gasteiger partial charge on any atom is 0.315 e. The first-order chi connectivity index (χ1) is 12.6. The molecule has 0 aromatic carbocycles. The van der Waals surface area contributed by atoms with Crippen molar-refractivity contribution in [2.75, 3.05) is 26.2 Å². The number of urea groups is 1. The molecule has 2 rings (SSSR count). The van der Waals surface area contributed by atoms with Gasteiger partial charge in [0.25, 0.3) is 0 Å². The molecule has 5 N–H and O–H groups in total. The van der Waals surface area contributed by atoms with Crippen molar-refractivity contribution >= 4 is 17.8 Å². The zero-order chi connectivity index (χ0) is 18.8. The van der Waals surface area contributed by atoms with Gasteiger partial charge in [0, 0.05) is 38.1 Å². The molecule has 1 aliphatic heterocycles. The molecule has 2 aliphatic rings. The Morgan fingerprint density at radius 1 is 0.962 bits per heavy atom. The molecule has 0 spiro atoms. The highest BCUT2D eigenvalue weighted by Gasteiger charge is 2.27. The van der Waals surface area contributed by atoms with Crippen molar-refractivity contribution in [2.45, 2.75) is 69.9 Å². The van der Waals surface area contributed by atoms with E-state index in [0.29, 0.717) is 26.1 Å². The number of piperidine rings is 1. The summed E-state index contributed by atoms with van der Waals surface area (Å²) in [6, 6.07) is -0.0596. The van der Waals surface area contributed by atoms with Crippen LogP contribution in [-0.4, -0.2) is 61.0 Å².